The highest BCUT2D eigenvalue weighted by molar-refractivity contribution is 9.10. The lowest BCUT2D eigenvalue weighted by Gasteiger charge is -2.08. The molecule has 0 unspecified atom stereocenters. The van der Waals surface area contributed by atoms with Crippen molar-refractivity contribution in [1.29, 1.82) is 0 Å². The predicted octanol–water partition coefficient (Wildman–Crippen LogP) is 2.80. The molecule has 0 saturated heterocycles. The zero-order valence-electron chi connectivity index (χ0n) is 6.05. The summed E-state index contributed by atoms with van der Waals surface area (Å²) >= 11 is 3.35. The molecule has 0 spiro atoms. The number of hydrogen-bond acceptors (Lipinski definition) is 1. The van der Waals surface area contributed by atoms with E-state index in [2.05, 4.69) is 39.1 Å². The Kier molecular flexibility index (Phi) is 1.78. The Morgan fingerprint density at radius 2 is 2.27 bits per heavy atom. The molecule has 1 aliphatic rings. The molecule has 0 saturated carbocycles. The third-order valence-electron chi connectivity index (χ3n) is 1.83. The lowest BCUT2D eigenvalue weighted by atomic mass is 10.0. The van der Waals surface area contributed by atoms with Gasteiger partial charge in [0.25, 0.3) is 0 Å². The molecule has 1 heterocycles. The van der Waals surface area contributed by atoms with Crippen LogP contribution in [0.3, 0.4) is 0 Å². The molecule has 0 radical (unpaired) electrons. The Morgan fingerprint density at radius 1 is 1.36 bits per heavy atom. The monoisotopic (exact) mass is 209 g/mol. The van der Waals surface area contributed by atoms with Gasteiger partial charge in [0.2, 0.25) is 0 Å². The lowest BCUT2D eigenvalue weighted by molar-refractivity contribution is 0.960. The molecule has 2 heteroatoms. The first-order valence-corrected chi connectivity index (χ1v) is 4.47. The Morgan fingerprint density at radius 3 is 3.18 bits per heavy atom. The van der Waals surface area contributed by atoms with Crippen molar-refractivity contribution in [2.24, 2.45) is 0 Å². The van der Waals surface area contributed by atoms with E-state index in [1.165, 1.54) is 5.56 Å². The van der Waals surface area contributed by atoms with Gasteiger partial charge >= 0.3 is 0 Å². The van der Waals surface area contributed by atoms with Crippen LogP contribution >= 0.6 is 15.9 Å². The lowest BCUT2D eigenvalue weighted by Crippen LogP contribution is -1.96. The Labute approximate surface area is 74.3 Å². The van der Waals surface area contributed by atoms with E-state index >= 15 is 0 Å². The number of halogens is 1. The molecular formula is C9H8BrN. The minimum Gasteiger partial charge on any atom is -0.241 e. The summed E-state index contributed by atoms with van der Waals surface area (Å²) < 4.78 is 0.919. The van der Waals surface area contributed by atoms with Crippen molar-refractivity contribution in [3.63, 3.8) is 0 Å². The standard InChI is InChI=1S/C9H8BrN/c10-9-6-5-7-3-1-2-4-8(7)11-9/h2,4-6H,1,3H2. The van der Waals surface area contributed by atoms with Crippen LogP contribution < -0.4 is 0 Å². The summed E-state index contributed by atoms with van der Waals surface area (Å²) in [5.74, 6) is 0. The molecule has 0 fully saturated rings. The fourth-order valence-corrected chi connectivity index (χ4v) is 1.59. The smallest absolute Gasteiger partial charge is 0.106 e. The SMILES string of the molecule is Brc1ccc2c(n1)C=CCC2. The van der Waals surface area contributed by atoms with Crippen LogP contribution in [0.15, 0.2) is 22.8 Å². The van der Waals surface area contributed by atoms with E-state index in [4.69, 9.17) is 0 Å². The molecule has 1 nitrogen and oxygen atoms in total. The maximum absolute atomic E-state index is 4.34. The van der Waals surface area contributed by atoms with Gasteiger partial charge in [-0.2, -0.15) is 0 Å². The normalized spacial score (nSPS) is 14.6. The van der Waals surface area contributed by atoms with Crippen molar-refractivity contribution in [1.82, 2.24) is 4.98 Å². The van der Waals surface area contributed by atoms with Gasteiger partial charge in [-0.1, -0.05) is 12.1 Å². The summed E-state index contributed by atoms with van der Waals surface area (Å²) in [6.45, 7) is 0. The van der Waals surface area contributed by atoms with Crippen LogP contribution in [0.5, 0.6) is 0 Å². The highest BCUT2D eigenvalue weighted by atomic mass is 79.9. The van der Waals surface area contributed by atoms with Gasteiger partial charge in [0, 0.05) is 0 Å². The second kappa shape index (κ2) is 2.78. The summed E-state index contributed by atoms with van der Waals surface area (Å²) in [6, 6.07) is 4.13. The van der Waals surface area contributed by atoms with Crippen molar-refractivity contribution in [3.05, 3.63) is 34.1 Å². The van der Waals surface area contributed by atoms with E-state index in [1.807, 2.05) is 6.07 Å². The number of aromatic nitrogens is 1. The average Bonchev–Trinajstić information content (AvgIpc) is 2.04. The van der Waals surface area contributed by atoms with Crippen molar-refractivity contribution in [2.75, 3.05) is 0 Å². The minimum atomic E-state index is 0.919. The van der Waals surface area contributed by atoms with Crippen molar-refractivity contribution in [2.45, 2.75) is 12.8 Å². The molecule has 1 aromatic heterocycles. The van der Waals surface area contributed by atoms with E-state index in [0.29, 0.717) is 0 Å². The van der Waals surface area contributed by atoms with Crippen LogP contribution in [-0.2, 0) is 6.42 Å². The van der Waals surface area contributed by atoms with Gasteiger partial charge in [-0.3, -0.25) is 0 Å². The molecule has 0 N–H and O–H groups in total. The van der Waals surface area contributed by atoms with Gasteiger partial charge < -0.3 is 0 Å². The van der Waals surface area contributed by atoms with E-state index < -0.39 is 0 Å². The van der Waals surface area contributed by atoms with Gasteiger partial charge in [-0.25, -0.2) is 4.98 Å². The Balaban J connectivity index is 2.54. The molecule has 1 aromatic rings. The molecule has 11 heavy (non-hydrogen) atoms. The van der Waals surface area contributed by atoms with Gasteiger partial charge in [-0.15, -0.1) is 0 Å². The molecule has 2 rings (SSSR count). The van der Waals surface area contributed by atoms with Crippen LogP contribution in [0.25, 0.3) is 6.08 Å². The van der Waals surface area contributed by atoms with Crippen LogP contribution in [-0.4, -0.2) is 4.98 Å². The second-order valence-corrected chi connectivity index (χ2v) is 3.43. The topological polar surface area (TPSA) is 12.9 Å². The van der Waals surface area contributed by atoms with E-state index in [9.17, 15) is 0 Å². The summed E-state index contributed by atoms with van der Waals surface area (Å²) in [6.07, 6.45) is 6.54. The summed E-state index contributed by atoms with van der Waals surface area (Å²) in [5.41, 5.74) is 2.47. The zero-order valence-corrected chi connectivity index (χ0v) is 7.63. The average molecular weight is 210 g/mol. The quantitative estimate of drug-likeness (QED) is 0.600. The second-order valence-electron chi connectivity index (χ2n) is 2.62. The molecule has 0 amide bonds. The minimum absolute atomic E-state index is 0.919. The number of rotatable bonds is 0. The van der Waals surface area contributed by atoms with Crippen molar-refractivity contribution >= 4 is 22.0 Å². The van der Waals surface area contributed by atoms with Gasteiger partial charge in [0.15, 0.2) is 0 Å². The Hall–Kier alpha value is -0.630. The van der Waals surface area contributed by atoms with E-state index in [0.717, 1.165) is 23.1 Å². The van der Waals surface area contributed by atoms with Crippen LogP contribution in [0.2, 0.25) is 0 Å². The number of pyridine rings is 1. The largest absolute Gasteiger partial charge is 0.241 e. The maximum Gasteiger partial charge on any atom is 0.106 e. The summed E-state index contributed by atoms with van der Waals surface area (Å²) in [5, 5.41) is 0. The van der Waals surface area contributed by atoms with Crippen molar-refractivity contribution in [3.8, 4) is 0 Å². The zero-order chi connectivity index (χ0) is 7.68. The molecule has 0 bridgehead atoms. The fourth-order valence-electron chi connectivity index (χ4n) is 1.27. The van der Waals surface area contributed by atoms with Crippen LogP contribution in [0.4, 0.5) is 0 Å². The number of nitrogens with zero attached hydrogens (tertiary/aromatic N) is 1. The first kappa shape index (κ1) is 7.04. The molecule has 0 aliphatic heterocycles. The van der Waals surface area contributed by atoms with E-state index in [1.54, 1.807) is 0 Å². The number of fused-ring (bicyclic) bond motifs is 1. The maximum atomic E-state index is 4.34. The van der Waals surface area contributed by atoms with Gasteiger partial charge in [0.05, 0.1) is 5.69 Å². The first-order chi connectivity index (χ1) is 5.36. The molecule has 0 atom stereocenters. The van der Waals surface area contributed by atoms with Crippen molar-refractivity contribution < 1.29 is 0 Å². The van der Waals surface area contributed by atoms with Gasteiger partial charge in [-0.05, 0) is 46.5 Å². The number of aryl methyl sites for hydroxylation is 1. The van der Waals surface area contributed by atoms with Crippen LogP contribution in [0.1, 0.15) is 17.7 Å². The number of allylic oxidation sites excluding steroid dienone is 1. The highest BCUT2D eigenvalue weighted by Gasteiger charge is 2.04. The van der Waals surface area contributed by atoms with E-state index in [-0.39, 0.29) is 0 Å². The Bertz CT molecular complexity index is 304. The highest BCUT2D eigenvalue weighted by Crippen LogP contribution is 2.19. The fraction of sp³-hybridized carbons (Fsp3) is 0.222. The van der Waals surface area contributed by atoms with Crippen LogP contribution in [0, 0.1) is 0 Å². The van der Waals surface area contributed by atoms with Gasteiger partial charge in [0.1, 0.15) is 4.60 Å². The summed E-state index contributed by atoms with van der Waals surface area (Å²) in [4.78, 5) is 4.34. The number of hydrogen-bond donors (Lipinski definition) is 0. The summed E-state index contributed by atoms with van der Waals surface area (Å²) in [7, 11) is 0. The third-order valence-corrected chi connectivity index (χ3v) is 2.28. The predicted molar refractivity (Wildman–Crippen MR) is 49.3 cm³/mol. The molecular weight excluding hydrogens is 202 g/mol. The molecule has 1 aliphatic carbocycles. The molecule has 0 aromatic carbocycles. The first-order valence-electron chi connectivity index (χ1n) is 3.68. The third kappa shape index (κ3) is 1.36. The molecule has 56 valence electrons.